The van der Waals surface area contributed by atoms with Crippen molar-refractivity contribution in [3.63, 3.8) is 0 Å². The number of halogens is 1. The molecule has 2 aromatic rings. The van der Waals surface area contributed by atoms with E-state index >= 15 is 0 Å². The Balaban J connectivity index is 1.82. The van der Waals surface area contributed by atoms with Crippen LogP contribution in [0.15, 0.2) is 48.5 Å². The fourth-order valence-corrected chi connectivity index (χ4v) is 1.80. The molecule has 0 spiro atoms. The third-order valence-electron chi connectivity index (χ3n) is 2.90. The molecule has 0 saturated heterocycles. The van der Waals surface area contributed by atoms with Crippen molar-refractivity contribution in [2.24, 2.45) is 0 Å². The molecule has 0 radical (unpaired) electrons. The number of benzene rings is 2. The number of rotatable bonds is 5. The smallest absolute Gasteiger partial charge is 0.326 e. The van der Waals surface area contributed by atoms with Crippen LogP contribution in [0.2, 0.25) is 0 Å². The number of carbonyl (C=O) groups is 2. The summed E-state index contributed by atoms with van der Waals surface area (Å²) < 4.78 is 18.4. The number of anilines is 2. The zero-order valence-corrected chi connectivity index (χ0v) is 12.4. The largest absolute Gasteiger partial charge is 0.497 e. The minimum Gasteiger partial charge on any atom is -0.497 e. The van der Waals surface area contributed by atoms with E-state index in [1.807, 2.05) is 0 Å². The minimum atomic E-state index is -0.799. The van der Waals surface area contributed by atoms with Crippen LogP contribution in [0.5, 0.6) is 5.75 Å². The van der Waals surface area contributed by atoms with Crippen LogP contribution in [-0.4, -0.2) is 25.6 Å². The molecule has 7 heteroatoms. The molecule has 0 aliphatic heterocycles. The summed E-state index contributed by atoms with van der Waals surface area (Å²) in [6.45, 7) is -0.113. The number of para-hydroxylation sites is 1. The molecule has 0 fully saturated rings. The number of ether oxygens (including phenoxy) is 1. The van der Waals surface area contributed by atoms with Gasteiger partial charge in [-0.2, -0.15) is 0 Å². The van der Waals surface area contributed by atoms with E-state index in [0.29, 0.717) is 11.4 Å². The van der Waals surface area contributed by atoms with E-state index in [1.54, 1.807) is 37.4 Å². The second kappa shape index (κ2) is 7.79. The van der Waals surface area contributed by atoms with Crippen LogP contribution >= 0.6 is 0 Å². The number of nitrogens with one attached hydrogen (secondary N) is 3. The highest BCUT2D eigenvalue weighted by Gasteiger charge is 2.10. The summed E-state index contributed by atoms with van der Waals surface area (Å²) in [6, 6.07) is 11.9. The van der Waals surface area contributed by atoms with Gasteiger partial charge in [-0.05, 0) is 24.3 Å². The molecule has 3 amide bonds. The first-order valence-electron chi connectivity index (χ1n) is 6.82. The van der Waals surface area contributed by atoms with Crippen molar-refractivity contribution in [2.45, 2.75) is 0 Å². The van der Waals surface area contributed by atoms with E-state index < -0.39 is 17.8 Å². The highest BCUT2D eigenvalue weighted by Crippen LogP contribution is 2.16. The van der Waals surface area contributed by atoms with Crippen LogP contribution in [-0.2, 0) is 4.79 Å². The molecule has 0 aromatic heterocycles. The molecule has 2 aromatic carbocycles. The van der Waals surface area contributed by atoms with Gasteiger partial charge < -0.3 is 15.4 Å². The predicted molar refractivity (Wildman–Crippen MR) is 85.0 cm³/mol. The Bertz CT molecular complexity index is 706. The van der Waals surface area contributed by atoms with E-state index in [4.69, 9.17) is 4.74 Å². The number of methoxy groups -OCH3 is 1. The molecule has 0 heterocycles. The van der Waals surface area contributed by atoms with Crippen molar-refractivity contribution in [1.82, 2.24) is 5.32 Å². The summed E-state index contributed by atoms with van der Waals surface area (Å²) in [7, 11) is 1.54. The third-order valence-corrected chi connectivity index (χ3v) is 2.90. The maximum Gasteiger partial charge on any atom is 0.326 e. The van der Waals surface area contributed by atoms with E-state index in [1.165, 1.54) is 18.2 Å². The quantitative estimate of drug-likeness (QED) is 0.792. The topological polar surface area (TPSA) is 79.5 Å². The lowest BCUT2D eigenvalue weighted by Crippen LogP contribution is -2.38. The van der Waals surface area contributed by atoms with Crippen molar-refractivity contribution in [2.75, 3.05) is 24.3 Å². The van der Waals surface area contributed by atoms with Gasteiger partial charge in [0.25, 0.3) is 0 Å². The SMILES string of the molecule is COc1cccc(NCC(=O)NC(=O)Nc2ccccc2F)c1. The van der Waals surface area contributed by atoms with Gasteiger partial charge in [-0.1, -0.05) is 18.2 Å². The van der Waals surface area contributed by atoms with E-state index in [-0.39, 0.29) is 12.2 Å². The first kappa shape index (κ1) is 16.3. The summed E-state index contributed by atoms with van der Waals surface area (Å²) >= 11 is 0. The fourth-order valence-electron chi connectivity index (χ4n) is 1.80. The highest BCUT2D eigenvalue weighted by atomic mass is 19.1. The lowest BCUT2D eigenvalue weighted by Gasteiger charge is -2.09. The molecule has 2 rings (SSSR count). The zero-order valence-electron chi connectivity index (χ0n) is 12.4. The lowest BCUT2D eigenvalue weighted by atomic mass is 10.3. The number of amides is 3. The van der Waals surface area contributed by atoms with Gasteiger partial charge in [0.1, 0.15) is 11.6 Å². The number of imide groups is 1. The molecule has 0 atom stereocenters. The van der Waals surface area contributed by atoms with Crippen molar-refractivity contribution < 1.29 is 18.7 Å². The van der Waals surface area contributed by atoms with Crippen LogP contribution in [0.4, 0.5) is 20.6 Å². The highest BCUT2D eigenvalue weighted by molar-refractivity contribution is 6.02. The van der Waals surface area contributed by atoms with Crippen LogP contribution < -0.4 is 20.7 Å². The predicted octanol–water partition coefficient (Wildman–Crippen LogP) is 2.59. The van der Waals surface area contributed by atoms with Crippen molar-refractivity contribution in [3.8, 4) is 5.75 Å². The van der Waals surface area contributed by atoms with Crippen LogP contribution in [0.1, 0.15) is 0 Å². The fraction of sp³-hybridized carbons (Fsp3) is 0.125. The van der Waals surface area contributed by atoms with E-state index in [2.05, 4.69) is 16.0 Å². The normalized spacial score (nSPS) is 9.83. The lowest BCUT2D eigenvalue weighted by molar-refractivity contribution is -0.118. The van der Waals surface area contributed by atoms with Crippen LogP contribution in [0, 0.1) is 5.82 Å². The molecule has 3 N–H and O–H groups in total. The maximum absolute atomic E-state index is 13.4. The Kier molecular flexibility index (Phi) is 5.51. The van der Waals surface area contributed by atoms with Crippen LogP contribution in [0.25, 0.3) is 0 Å². The molecule has 0 aliphatic carbocycles. The molecule has 23 heavy (non-hydrogen) atoms. The van der Waals surface area contributed by atoms with Crippen molar-refractivity contribution in [1.29, 1.82) is 0 Å². The van der Waals surface area contributed by atoms with Crippen LogP contribution in [0.3, 0.4) is 0 Å². The van der Waals surface area contributed by atoms with Gasteiger partial charge in [0.05, 0.1) is 19.3 Å². The molecule has 0 unspecified atom stereocenters. The monoisotopic (exact) mass is 317 g/mol. The summed E-state index contributed by atoms with van der Waals surface area (Å²) in [4.78, 5) is 23.3. The second-order valence-corrected chi connectivity index (χ2v) is 4.57. The number of hydrogen-bond acceptors (Lipinski definition) is 4. The summed E-state index contributed by atoms with van der Waals surface area (Å²) in [5.74, 6) is -0.487. The average molecular weight is 317 g/mol. The minimum absolute atomic E-state index is 0.00134. The number of carbonyl (C=O) groups excluding carboxylic acids is 2. The van der Waals surface area contributed by atoms with Gasteiger partial charge in [-0.3, -0.25) is 10.1 Å². The Hall–Kier alpha value is -3.09. The Morgan fingerprint density at radius 3 is 2.65 bits per heavy atom. The standard InChI is InChI=1S/C16H16FN3O3/c1-23-12-6-4-5-11(9-12)18-10-15(21)20-16(22)19-14-8-3-2-7-13(14)17/h2-9,18H,10H2,1H3,(H2,19,20,21,22). The maximum atomic E-state index is 13.4. The van der Waals surface area contributed by atoms with E-state index in [9.17, 15) is 14.0 Å². The molecule has 0 aliphatic rings. The van der Waals surface area contributed by atoms with Gasteiger partial charge in [0.15, 0.2) is 0 Å². The number of urea groups is 1. The van der Waals surface area contributed by atoms with Gasteiger partial charge in [-0.15, -0.1) is 0 Å². The molecule has 6 nitrogen and oxygen atoms in total. The molecule has 0 saturated carbocycles. The van der Waals surface area contributed by atoms with E-state index in [0.717, 1.165) is 0 Å². The molecular weight excluding hydrogens is 301 g/mol. The van der Waals surface area contributed by atoms with Gasteiger partial charge in [-0.25, -0.2) is 9.18 Å². The van der Waals surface area contributed by atoms with Gasteiger partial charge in [0, 0.05) is 11.8 Å². The zero-order chi connectivity index (χ0) is 16.7. The van der Waals surface area contributed by atoms with Crippen molar-refractivity contribution >= 4 is 23.3 Å². The second-order valence-electron chi connectivity index (χ2n) is 4.57. The molecule has 120 valence electrons. The number of hydrogen-bond donors (Lipinski definition) is 3. The first-order valence-corrected chi connectivity index (χ1v) is 6.82. The summed E-state index contributed by atoms with van der Waals surface area (Å²) in [5, 5.41) is 7.22. The third kappa shape index (κ3) is 4.99. The van der Waals surface area contributed by atoms with Gasteiger partial charge in [0.2, 0.25) is 5.91 Å². The molecular formula is C16H16FN3O3. The van der Waals surface area contributed by atoms with Crippen molar-refractivity contribution in [3.05, 3.63) is 54.3 Å². The average Bonchev–Trinajstić information content (AvgIpc) is 2.55. The Labute approximate surface area is 132 Å². The Morgan fingerprint density at radius 2 is 1.91 bits per heavy atom. The Morgan fingerprint density at radius 1 is 1.13 bits per heavy atom. The van der Waals surface area contributed by atoms with Gasteiger partial charge >= 0.3 is 6.03 Å². The first-order chi connectivity index (χ1) is 11.1. The summed E-state index contributed by atoms with van der Waals surface area (Å²) in [5.41, 5.74) is 0.674. The summed E-state index contributed by atoms with van der Waals surface area (Å²) in [6.07, 6.45) is 0. The molecule has 0 bridgehead atoms.